The van der Waals surface area contributed by atoms with E-state index < -0.39 is 118 Å². The zero-order valence-corrected chi connectivity index (χ0v) is 48.6. The predicted molar refractivity (Wildman–Crippen MR) is 299 cm³/mol. The third-order valence-corrected chi connectivity index (χ3v) is 11.1. The van der Waals surface area contributed by atoms with Gasteiger partial charge in [0.1, 0.15) is 73.1 Å². The molecule has 3 aliphatic heterocycles. The molecule has 23 nitrogen and oxygen atoms in total. The molecule has 3 heterocycles. The Bertz CT molecular complexity index is 1330. The van der Waals surface area contributed by atoms with Crippen molar-refractivity contribution in [1.29, 1.82) is 0 Å². The van der Waals surface area contributed by atoms with E-state index in [1.54, 1.807) is 12.2 Å². The Kier molecular flexibility index (Phi) is 61.0. The van der Waals surface area contributed by atoms with Gasteiger partial charge in [-0.3, -0.25) is 14.4 Å². The second kappa shape index (κ2) is 56.9. The summed E-state index contributed by atoms with van der Waals surface area (Å²) < 4.78 is 25.1. The maximum absolute atomic E-state index is 10.9. The van der Waals surface area contributed by atoms with Gasteiger partial charge in [0, 0.05) is 48.2 Å². The summed E-state index contributed by atoms with van der Waals surface area (Å²) in [6.07, 6.45) is 11.7. The summed E-state index contributed by atoms with van der Waals surface area (Å²) in [7, 11) is 2.69. The molecular formula is C55H109N3O20. The molecule has 7 unspecified atom stereocenters. The van der Waals surface area contributed by atoms with E-state index in [4.69, 9.17) is 49.2 Å². The number of aliphatic hydroxyl groups excluding tert-OH is 12. The summed E-state index contributed by atoms with van der Waals surface area (Å²) in [5.74, 6) is -1.20. The van der Waals surface area contributed by atoms with Crippen LogP contribution in [-0.4, -0.2) is 218 Å². The van der Waals surface area contributed by atoms with Gasteiger partial charge in [0.2, 0.25) is 17.7 Å². The Morgan fingerprint density at radius 1 is 0.423 bits per heavy atom. The summed E-state index contributed by atoms with van der Waals surface area (Å²) >= 11 is 0. The van der Waals surface area contributed by atoms with Crippen LogP contribution in [0.2, 0.25) is 0 Å². The van der Waals surface area contributed by atoms with Crippen molar-refractivity contribution >= 4 is 17.7 Å². The number of ether oxygens (including phenoxy) is 5. The van der Waals surface area contributed by atoms with Gasteiger partial charge in [-0.25, -0.2) is 0 Å². The summed E-state index contributed by atoms with van der Waals surface area (Å²) in [5, 5.41) is 117. The lowest BCUT2D eigenvalue weighted by Gasteiger charge is -2.41. The maximum Gasteiger partial charge on any atom is 0.217 e. The van der Waals surface area contributed by atoms with Crippen molar-refractivity contribution in [3.63, 3.8) is 0 Å². The van der Waals surface area contributed by atoms with Crippen molar-refractivity contribution in [1.82, 2.24) is 16.0 Å². The number of unbranched alkanes of at least 4 members (excludes halogenated alkanes) is 10. The van der Waals surface area contributed by atoms with Crippen LogP contribution < -0.4 is 16.0 Å². The van der Waals surface area contributed by atoms with Gasteiger partial charge in [0.25, 0.3) is 0 Å². The maximum atomic E-state index is 10.9. The van der Waals surface area contributed by atoms with E-state index in [2.05, 4.69) is 70.0 Å². The third kappa shape index (κ3) is 41.7. The minimum Gasteiger partial charge on any atom is -0.396 e. The van der Waals surface area contributed by atoms with Gasteiger partial charge in [-0.15, -0.1) is 26.3 Å². The van der Waals surface area contributed by atoms with E-state index in [0.29, 0.717) is 0 Å². The molecule has 0 aliphatic carbocycles. The molecule has 0 aromatic carbocycles. The van der Waals surface area contributed by atoms with Gasteiger partial charge >= 0.3 is 0 Å². The lowest BCUT2D eigenvalue weighted by Crippen LogP contribution is -2.64. The molecule has 3 saturated heterocycles. The molecule has 23 heteroatoms. The van der Waals surface area contributed by atoms with Crippen LogP contribution in [0.25, 0.3) is 0 Å². The van der Waals surface area contributed by atoms with E-state index in [-0.39, 0.29) is 25.0 Å². The highest BCUT2D eigenvalue weighted by Gasteiger charge is 2.46. The van der Waals surface area contributed by atoms with Gasteiger partial charge in [-0.05, 0) is 38.5 Å². The van der Waals surface area contributed by atoms with Crippen LogP contribution in [0.5, 0.6) is 0 Å². The van der Waals surface area contributed by atoms with Crippen molar-refractivity contribution in [2.45, 2.75) is 237 Å². The quantitative estimate of drug-likeness (QED) is 0.0483. The number of methoxy groups -OCH3 is 2. The van der Waals surface area contributed by atoms with Crippen LogP contribution in [0, 0.1) is 0 Å². The zero-order chi connectivity index (χ0) is 61.0. The molecule has 3 fully saturated rings. The lowest BCUT2D eigenvalue weighted by atomic mass is 9.97. The van der Waals surface area contributed by atoms with Gasteiger partial charge in [0.05, 0.1) is 19.8 Å². The first-order valence-electron chi connectivity index (χ1n) is 27.1. The number of hydrogen-bond donors (Lipinski definition) is 15. The number of rotatable bonds is 24. The Hall–Kier alpha value is -3.31. The van der Waals surface area contributed by atoms with Crippen LogP contribution in [0.4, 0.5) is 0 Å². The highest BCUT2D eigenvalue weighted by molar-refractivity contribution is 5.74. The number of carbonyl (C=O) groups excluding carboxylic acids is 3. The monoisotopic (exact) mass is 1130 g/mol. The fraction of sp³-hybridized carbons (Fsp3) is 0.800. The molecule has 0 aromatic rings. The molecule has 0 aromatic heterocycles. The summed E-state index contributed by atoms with van der Waals surface area (Å²) in [6.45, 7) is 26.0. The Morgan fingerprint density at radius 3 is 0.910 bits per heavy atom. The lowest BCUT2D eigenvalue weighted by molar-refractivity contribution is -0.262. The van der Waals surface area contributed by atoms with Crippen molar-refractivity contribution < 1.29 is 99.3 Å². The Morgan fingerprint density at radius 2 is 0.692 bits per heavy atom. The van der Waals surface area contributed by atoms with Crippen molar-refractivity contribution in [2.24, 2.45) is 0 Å². The Labute approximate surface area is 466 Å². The standard InChI is InChI=1S/2C9H17NO6.C8H15NO6.C7H16.2C6H12.2C5H10O/c2*1-4(12)10-6-8(14)7(13)5(3-11)16-9(6)15-2;1-3(11)9-5-7(13)6(12)4(2-10)15-8(5)14;1-3-5-7-6-4-2;2*1-3-5-6-4-2;2*1-2-3-4-5-6/h2*5-9,11,13-14H,3H2,1-2H3,(H,10,12);4-8,10,12-14H,2H2,1H3,(H,9,11);3-7H2,1-2H3;2*3H,1,4-6H2,2H3;2*2,6H,1,3-5H2/t5?,6?,7-,8-,9+;5?,6?,7-,8-,9-;4?,5?,6-,7-,8?;;;;;/m111...../s1. The molecule has 15 atom stereocenters. The average Bonchev–Trinajstić information content (AvgIpc) is 3.42. The van der Waals surface area contributed by atoms with Crippen LogP contribution in [0.3, 0.4) is 0 Å². The fourth-order valence-electron chi connectivity index (χ4n) is 6.68. The van der Waals surface area contributed by atoms with Crippen LogP contribution >= 0.6 is 0 Å². The molecule has 3 aliphatic rings. The summed E-state index contributed by atoms with van der Waals surface area (Å²) in [4.78, 5) is 32.6. The number of amides is 3. The van der Waals surface area contributed by atoms with Crippen LogP contribution in [0.1, 0.15) is 145 Å². The minimum atomic E-state index is -1.45. The smallest absolute Gasteiger partial charge is 0.217 e. The van der Waals surface area contributed by atoms with E-state index >= 15 is 0 Å². The van der Waals surface area contributed by atoms with Crippen molar-refractivity contribution in [3.05, 3.63) is 50.6 Å². The molecule has 464 valence electrons. The molecule has 3 amide bonds. The number of carbonyl (C=O) groups is 3. The minimum absolute atomic E-state index is 0.284. The molecular weight excluding hydrogens is 1020 g/mol. The molecule has 3 rings (SSSR count). The number of hydrogen-bond acceptors (Lipinski definition) is 20. The second-order valence-electron chi connectivity index (χ2n) is 18.0. The molecule has 0 bridgehead atoms. The van der Waals surface area contributed by atoms with Crippen LogP contribution in [0.15, 0.2) is 50.6 Å². The highest BCUT2D eigenvalue weighted by Crippen LogP contribution is 2.23. The number of allylic oxidation sites excluding steroid dienone is 4. The second-order valence-corrected chi connectivity index (χ2v) is 18.0. The fourth-order valence-corrected chi connectivity index (χ4v) is 6.68. The Balaban J connectivity index is -0.000000272. The summed E-state index contributed by atoms with van der Waals surface area (Å²) in [5.41, 5.74) is 0. The highest BCUT2D eigenvalue weighted by atomic mass is 16.7. The first-order valence-corrected chi connectivity index (χ1v) is 27.1. The third-order valence-electron chi connectivity index (χ3n) is 11.1. The van der Waals surface area contributed by atoms with Gasteiger partial charge in [-0.1, -0.05) is 110 Å². The molecule has 78 heavy (non-hydrogen) atoms. The number of nitrogens with one attached hydrogen (secondary N) is 3. The van der Waals surface area contributed by atoms with Crippen molar-refractivity contribution in [3.8, 4) is 0 Å². The van der Waals surface area contributed by atoms with E-state index in [1.807, 2.05) is 12.2 Å². The topological polar surface area (TPSA) is 376 Å². The predicted octanol–water partition coefficient (Wildman–Crippen LogP) is 1.67. The van der Waals surface area contributed by atoms with E-state index in [9.17, 15) is 50.1 Å². The molecule has 0 saturated carbocycles. The average molecular weight is 1130 g/mol. The first-order chi connectivity index (χ1) is 37.1. The van der Waals surface area contributed by atoms with E-state index in [0.717, 1.165) is 25.7 Å². The number of aliphatic hydroxyl groups is 12. The van der Waals surface area contributed by atoms with E-state index in [1.165, 1.54) is 106 Å². The molecule has 15 N–H and O–H groups in total. The van der Waals surface area contributed by atoms with Crippen molar-refractivity contribution in [2.75, 3.05) is 47.3 Å². The normalized spacial score (nSPS) is 27.5. The SMILES string of the molecule is C=CCCCC.C=CCCCC.C=CCCCO.C=CCCCO.CC(=O)NC1C(O)OC(CO)[C@@H](O)[C@@H]1O.CCCCCCC.CO[C@@H]1OC(CO)[C@@H](O)[C@H](O)C1NC(C)=O.CO[C@H]1OC(CO)[C@@H](O)[C@H](O)C1NC(C)=O. The molecule has 0 spiro atoms. The van der Waals surface area contributed by atoms with Gasteiger partial charge < -0.3 is 101 Å². The van der Waals surface area contributed by atoms with Gasteiger partial charge in [-0.2, -0.15) is 0 Å². The van der Waals surface area contributed by atoms with Gasteiger partial charge in [0.15, 0.2) is 18.9 Å². The first kappa shape index (κ1) is 83.5. The largest absolute Gasteiger partial charge is 0.396 e. The zero-order valence-electron chi connectivity index (χ0n) is 48.6. The molecule has 0 radical (unpaired) electrons. The van der Waals surface area contributed by atoms with Crippen LogP contribution in [-0.2, 0) is 38.1 Å². The summed E-state index contributed by atoms with van der Waals surface area (Å²) in [6, 6.07) is -2.82.